The number of aryl methyl sites for hydroxylation is 1. The van der Waals surface area contributed by atoms with Gasteiger partial charge in [0.05, 0.1) is 23.6 Å². The lowest BCUT2D eigenvalue weighted by Crippen LogP contribution is -2.17. The van der Waals surface area contributed by atoms with Gasteiger partial charge in [-0.1, -0.05) is 6.07 Å². The second-order valence-electron chi connectivity index (χ2n) is 5.09. The molecule has 0 bridgehead atoms. The summed E-state index contributed by atoms with van der Waals surface area (Å²) in [6, 6.07) is 7.05. The van der Waals surface area contributed by atoms with E-state index in [1.54, 1.807) is 31.3 Å². The fourth-order valence-corrected chi connectivity index (χ4v) is 2.60. The highest BCUT2D eigenvalue weighted by Crippen LogP contribution is 2.27. The van der Waals surface area contributed by atoms with Crippen molar-refractivity contribution in [1.82, 2.24) is 9.97 Å². The first-order valence-corrected chi connectivity index (χ1v) is 7.36. The summed E-state index contributed by atoms with van der Waals surface area (Å²) in [5.74, 6) is -0.441. The van der Waals surface area contributed by atoms with Gasteiger partial charge in [-0.2, -0.15) is 0 Å². The van der Waals surface area contributed by atoms with Crippen LogP contribution in [0.4, 0.5) is 0 Å². The van der Waals surface area contributed by atoms with E-state index in [0.717, 1.165) is 18.5 Å². The van der Waals surface area contributed by atoms with Gasteiger partial charge in [0.15, 0.2) is 5.78 Å². The van der Waals surface area contributed by atoms with Crippen LogP contribution in [0.1, 0.15) is 46.2 Å². The molecule has 0 saturated carbocycles. The third-order valence-electron chi connectivity index (χ3n) is 3.62. The molecular weight excluding hydrogens is 280 g/mol. The minimum Gasteiger partial charge on any atom is -0.462 e. The first kappa shape index (κ1) is 14.4. The van der Waals surface area contributed by atoms with Crippen molar-refractivity contribution in [1.29, 1.82) is 0 Å². The van der Waals surface area contributed by atoms with Crippen LogP contribution in [0, 0.1) is 0 Å². The van der Waals surface area contributed by atoms with Gasteiger partial charge < -0.3 is 4.74 Å². The molecular formula is C17H16N2O3. The third-order valence-corrected chi connectivity index (χ3v) is 3.62. The number of hydrogen-bond acceptors (Lipinski definition) is 5. The van der Waals surface area contributed by atoms with Crippen molar-refractivity contribution in [2.24, 2.45) is 0 Å². The van der Waals surface area contributed by atoms with Gasteiger partial charge in [0.1, 0.15) is 5.69 Å². The van der Waals surface area contributed by atoms with Gasteiger partial charge in [0.2, 0.25) is 0 Å². The van der Waals surface area contributed by atoms with Crippen molar-refractivity contribution >= 4 is 11.8 Å². The highest BCUT2D eigenvalue weighted by Gasteiger charge is 2.25. The zero-order chi connectivity index (χ0) is 15.5. The van der Waals surface area contributed by atoms with Gasteiger partial charge in [-0.15, -0.1) is 0 Å². The Labute approximate surface area is 128 Å². The Morgan fingerprint density at radius 1 is 1.32 bits per heavy atom. The second kappa shape index (κ2) is 6.05. The molecule has 0 spiro atoms. The van der Waals surface area contributed by atoms with E-state index < -0.39 is 5.97 Å². The molecule has 0 N–H and O–H groups in total. The van der Waals surface area contributed by atoms with Crippen molar-refractivity contribution in [2.75, 3.05) is 6.61 Å². The number of carbonyl (C=O) groups excluding carboxylic acids is 2. The maximum atomic E-state index is 12.2. The van der Waals surface area contributed by atoms with E-state index in [1.807, 2.05) is 6.07 Å². The van der Waals surface area contributed by atoms with Gasteiger partial charge in [-0.05, 0) is 38.0 Å². The summed E-state index contributed by atoms with van der Waals surface area (Å²) in [4.78, 5) is 33.1. The molecule has 0 unspecified atom stereocenters. The molecule has 3 rings (SSSR count). The number of ether oxygens (including phenoxy) is 1. The van der Waals surface area contributed by atoms with Gasteiger partial charge >= 0.3 is 5.97 Å². The normalized spacial score (nSPS) is 13.6. The van der Waals surface area contributed by atoms with Crippen molar-refractivity contribution in [2.45, 2.75) is 26.2 Å². The molecule has 22 heavy (non-hydrogen) atoms. The summed E-state index contributed by atoms with van der Waals surface area (Å²) in [6.07, 6.45) is 3.68. The molecule has 2 aromatic heterocycles. The number of Topliss-reactive ketones (excluding diaryl/α,β-unsaturated/α-hetero) is 1. The maximum Gasteiger partial charge on any atom is 0.340 e. The molecule has 0 atom stereocenters. The number of esters is 1. The molecule has 0 radical (unpaired) electrons. The molecule has 2 aromatic rings. The number of pyridine rings is 2. The summed E-state index contributed by atoms with van der Waals surface area (Å²) in [5, 5.41) is 0. The third kappa shape index (κ3) is 2.62. The lowest BCUT2D eigenvalue weighted by molar-refractivity contribution is 0.0527. The summed E-state index contributed by atoms with van der Waals surface area (Å²) < 4.78 is 5.10. The smallest absolute Gasteiger partial charge is 0.340 e. The zero-order valence-corrected chi connectivity index (χ0v) is 12.3. The van der Waals surface area contributed by atoms with Crippen LogP contribution in [0.5, 0.6) is 0 Å². The van der Waals surface area contributed by atoms with Crippen molar-refractivity contribution in [3.05, 3.63) is 47.3 Å². The standard InChI is InChI=1S/C17H16N2O3/c1-2-22-17(21)12-10-11-13(7-5-8-15(11)20)19-16(12)14-6-3-4-9-18-14/h3-4,6,9-10H,2,5,7-8H2,1H3. The predicted molar refractivity (Wildman–Crippen MR) is 80.7 cm³/mol. The number of rotatable bonds is 3. The maximum absolute atomic E-state index is 12.2. The number of carbonyl (C=O) groups is 2. The molecule has 112 valence electrons. The van der Waals surface area contributed by atoms with E-state index >= 15 is 0 Å². The lowest BCUT2D eigenvalue weighted by atomic mass is 9.92. The van der Waals surface area contributed by atoms with Crippen LogP contribution < -0.4 is 0 Å². The molecule has 1 aliphatic carbocycles. The Hall–Kier alpha value is -2.56. The highest BCUT2D eigenvalue weighted by molar-refractivity contribution is 6.03. The number of hydrogen-bond donors (Lipinski definition) is 0. The summed E-state index contributed by atoms with van der Waals surface area (Å²) >= 11 is 0. The van der Waals surface area contributed by atoms with Crippen molar-refractivity contribution in [3.63, 3.8) is 0 Å². The first-order valence-electron chi connectivity index (χ1n) is 7.36. The van der Waals surface area contributed by atoms with Gasteiger partial charge in [-0.3, -0.25) is 9.78 Å². The number of aromatic nitrogens is 2. The van der Waals surface area contributed by atoms with Crippen LogP contribution in [-0.2, 0) is 11.2 Å². The molecule has 5 heteroatoms. The predicted octanol–water partition coefficient (Wildman–Crippen LogP) is 2.84. The Kier molecular flexibility index (Phi) is 3.96. The average Bonchev–Trinajstić information content (AvgIpc) is 2.55. The molecule has 2 heterocycles. The van der Waals surface area contributed by atoms with Crippen LogP contribution in [-0.4, -0.2) is 28.3 Å². The van der Waals surface area contributed by atoms with Crippen molar-refractivity contribution < 1.29 is 14.3 Å². The second-order valence-corrected chi connectivity index (χ2v) is 5.09. The fraction of sp³-hybridized carbons (Fsp3) is 0.294. The molecule has 1 aliphatic rings. The van der Waals surface area contributed by atoms with E-state index in [0.29, 0.717) is 28.9 Å². The SMILES string of the molecule is CCOC(=O)c1cc2c(nc1-c1ccccn1)CCCC2=O. The fourth-order valence-electron chi connectivity index (χ4n) is 2.60. The number of fused-ring (bicyclic) bond motifs is 1. The summed E-state index contributed by atoms with van der Waals surface area (Å²) in [5.41, 5.74) is 2.66. The van der Waals surface area contributed by atoms with Crippen LogP contribution in [0.25, 0.3) is 11.4 Å². The Bertz CT molecular complexity index is 726. The minimum atomic E-state index is -0.475. The van der Waals surface area contributed by atoms with E-state index in [-0.39, 0.29) is 12.4 Å². The van der Waals surface area contributed by atoms with Gasteiger partial charge in [0.25, 0.3) is 0 Å². The quantitative estimate of drug-likeness (QED) is 0.815. The van der Waals surface area contributed by atoms with E-state index in [4.69, 9.17) is 4.74 Å². The summed E-state index contributed by atoms with van der Waals surface area (Å²) in [6.45, 7) is 2.01. The van der Waals surface area contributed by atoms with Crippen LogP contribution >= 0.6 is 0 Å². The largest absolute Gasteiger partial charge is 0.462 e. The molecule has 0 aromatic carbocycles. The molecule has 5 nitrogen and oxygen atoms in total. The average molecular weight is 296 g/mol. The van der Waals surface area contributed by atoms with E-state index in [2.05, 4.69) is 9.97 Å². The minimum absolute atomic E-state index is 0.0341. The molecule has 0 fully saturated rings. The number of ketones is 1. The summed E-state index contributed by atoms with van der Waals surface area (Å²) in [7, 11) is 0. The van der Waals surface area contributed by atoms with Crippen LogP contribution in [0.3, 0.4) is 0 Å². The van der Waals surface area contributed by atoms with E-state index in [9.17, 15) is 9.59 Å². The lowest BCUT2D eigenvalue weighted by Gasteiger charge is -2.17. The highest BCUT2D eigenvalue weighted by atomic mass is 16.5. The Morgan fingerprint density at radius 2 is 2.18 bits per heavy atom. The van der Waals surface area contributed by atoms with Crippen LogP contribution in [0.2, 0.25) is 0 Å². The van der Waals surface area contributed by atoms with E-state index in [1.165, 1.54) is 0 Å². The number of nitrogens with zero attached hydrogens (tertiary/aromatic N) is 2. The molecule has 0 amide bonds. The Morgan fingerprint density at radius 3 is 2.91 bits per heavy atom. The Balaban J connectivity index is 2.18. The van der Waals surface area contributed by atoms with Crippen LogP contribution in [0.15, 0.2) is 30.5 Å². The molecule has 0 aliphatic heterocycles. The topological polar surface area (TPSA) is 69.2 Å². The van der Waals surface area contributed by atoms with Gasteiger partial charge in [-0.25, -0.2) is 9.78 Å². The zero-order valence-electron chi connectivity index (χ0n) is 12.3. The van der Waals surface area contributed by atoms with Crippen molar-refractivity contribution in [3.8, 4) is 11.4 Å². The molecule has 0 saturated heterocycles. The monoisotopic (exact) mass is 296 g/mol. The van der Waals surface area contributed by atoms with Gasteiger partial charge in [0, 0.05) is 18.2 Å². The first-order chi connectivity index (χ1) is 10.7.